The van der Waals surface area contributed by atoms with E-state index in [4.69, 9.17) is 9.47 Å². The molecule has 7 nitrogen and oxygen atoms in total. The van der Waals surface area contributed by atoms with E-state index in [1.165, 1.54) is 0 Å². The number of hydrogen-bond acceptors (Lipinski definition) is 5. The standard InChI is InChI=1S/C22H27N3O4/c1-14-8-6-9-17(24-21(27)29-22(3,4)5)16(14)13-28-19-10-7-11-25-18(12-26)15(2)23-20(19)25/h6-11,26H,12-13H2,1-5H3,(H,24,27). The van der Waals surface area contributed by atoms with Gasteiger partial charge in [0.1, 0.15) is 12.2 Å². The number of nitrogens with one attached hydrogen (secondary N) is 1. The molecule has 0 saturated carbocycles. The van der Waals surface area contributed by atoms with Crippen molar-refractivity contribution in [3.8, 4) is 5.75 Å². The normalized spacial score (nSPS) is 11.5. The molecular formula is C22H27N3O4. The Hall–Kier alpha value is -3.06. The van der Waals surface area contributed by atoms with Crippen LogP contribution in [0.15, 0.2) is 36.5 Å². The zero-order valence-corrected chi connectivity index (χ0v) is 17.4. The lowest BCUT2D eigenvalue weighted by Gasteiger charge is -2.21. The summed E-state index contributed by atoms with van der Waals surface area (Å²) in [4.78, 5) is 16.7. The summed E-state index contributed by atoms with van der Waals surface area (Å²) in [5.41, 5.74) is 4.03. The first kappa shape index (κ1) is 20.7. The molecule has 29 heavy (non-hydrogen) atoms. The Kier molecular flexibility index (Phi) is 5.79. The molecule has 0 aliphatic carbocycles. The van der Waals surface area contributed by atoms with Crippen LogP contribution < -0.4 is 10.1 Å². The van der Waals surface area contributed by atoms with Crippen molar-refractivity contribution in [3.63, 3.8) is 0 Å². The number of nitrogens with zero attached hydrogens (tertiary/aromatic N) is 2. The molecule has 0 unspecified atom stereocenters. The highest BCUT2D eigenvalue weighted by molar-refractivity contribution is 5.86. The first-order valence-electron chi connectivity index (χ1n) is 9.48. The maximum Gasteiger partial charge on any atom is 0.412 e. The van der Waals surface area contributed by atoms with Crippen LogP contribution in [0, 0.1) is 13.8 Å². The molecule has 0 atom stereocenters. The van der Waals surface area contributed by atoms with Gasteiger partial charge < -0.3 is 14.6 Å². The quantitative estimate of drug-likeness (QED) is 0.668. The van der Waals surface area contributed by atoms with E-state index in [1.54, 1.807) is 0 Å². The fourth-order valence-corrected chi connectivity index (χ4v) is 3.08. The fraction of sp³-hybridized carbons (Fsp3) is 0.364. The number of rotatable bonds is 5. The van der Waals surface area contributed by atoms with E-state index >= 15 is 0 Å². The number of amides is 1. The molecule has 2 aromatic heterocycles. The first-order chi connectivity index (χ1) is 13.7. The molecular weight excluding hydrogens is 370 g/mol. The summed E-state index contributed by atoms with van der Waals surface area (Å²) in [5.74, 6) is 0.599. The number of hydrogen-bond donors (Lipinski definition) is 2. The van der Waals surface area contributed by atoms with Crippen LogP contribution in [0.5, 0.6) is 5.75 Å². The van der Waals surface area contributed by atoms with Gasteiger partial charge in [0.05, 0.1) is 23.7 Å². The minimum atomic E-state index is -0.580. The Morgan fingerprint density at radius 1 is 1.21 bits per heavy atom. The van der Waals surface area contributed by atoms with Crippen LogP contribution in [-0.4, -0.2) is 26.2 Å². The third-order valence-corrected chi connectivity index (χ3v) is 4.48. The summed E-state index contributed by atoms with van der Waals surface area (Å²) in [7, 11) is 0. The number of aromatic nitrogens is 2. The van der Waals surface area contributed by atoms with Crippen LogP contribution in [0.1, 0.15) is 43.3 Å². The number of pyridine rings is 1. The second kappa shape index (κ2) is 8.13. The minimum Gasteiger partial charge on any atom is -0.485 e. The zero-order chi connectivity index (χ0) is 21.2. The number of carbonyl (C=O) groups excluding carboxylic acids is 1. The van der Waals surface area contributed by atoms with Gasteiger partial charge in [-0.15, -0.1) is 0 Å². The van der Waals surface area contributed by atoms with Gasteiger partial charge in [0.2, 0.25) is 0 Å². The molecule has 0 bridgehead atoms. The van der Waals surface area contributed by atoms with Gasteiger partial charge in [0.25, 0.3) is 0 Å². The predicted octanol–water partition coefficient (Wildman–Crippen LogP) is 4.37. The molecule has 0 aliphatic heterocycles. The third-order valence-electron chi connectivity index (χ3n) is 4.48. The third kappa shape index (κ3) is 4.68. The topological polar surface area (TPSA) is 85.1 Å². The zero-order valence-electron chi connectivity index (χ0n) is 17.4. The minimum absolute atomic E-state index is 0.0990. The van der Waals surface area contributed by atoms with Crippen molar-refractivity contribution in [1.29, 1.82) is 0 Å². The molecule has 0 aliphatic rings. The second-order valence-electron chi connectivity index (χ2n) is 7.88. The average molecular weight is 397 g/mol. The number of aryl methyl sites for hydroxylation is 2. The summed E-state index contributed by atoms with van der Waals surface area (Å²) in [6, 6.07) is 9.34. The number of fused-ring (bicyclic) bond motifs is 1. The maximum absolute atomic E-state index is 12.2. The first-order valence-corrected chi connectivity index (χ1v) is 9.48. The van der Waals surface area contributed by atoms with Gasteiger partial charge in [-0.05, 0) is 58.4 Å². The summed E-state index contributed by atoms with van der Waals surface area (Å²) in [6.07, 6.45) is 1.33. The summed E-state index contributed by atoms with van der Waals surface area (Å²) < 4.78 is 13.2. The highest BCUT2D eigenvalue weighted by atomic mass is 16.6. The van der Waals surface area contributed by atoms with Gasteiger partial charge in [-0.3, -0.25) is 9.72 Å². The van der Waals surface area contributed by atoms with Crippen molar-refractivity contribution >= 4 is 17.4 Å². The number of imidazole rings is 1. The van der Waals surface area contributed by atoms with Crippen LogP contribution in [0.3, 0.4) is 0 Å². The molecule has 1 aromatic carbocycles. The molecule has 3 rings (SSSR count). The fourth-order valence-electron chi connectivity index (χ4n) is 3.08. The van der Waals surface area contributed by atoms with Gasteiger partial charge in [0.15, 0.2) is 11.4 Å². The lowest BCUT2D eigenvalue weighted by molar-refractivity contribution is 0.0635. The number of anilines is 1. The maximum atomic E-state index is 12.2. The molecule has 0 fully saturated rings. The van der Waals surface area contributed by atoms with E-state index in [-0.39, 0.29) is 13.2 Å². The Balaban J connectivity index is 1.85. The monoisotopic (exact) mass is 397 g/mol. The Morgan fingerprint density at radius 2 is 1.97 bits per heavy atom. The summed E-state index contributed by atoms with van der Waals surface area (Å²) >= 11 is 0. The van der Waals surface area contributed by atoms with E-state index in [2.05, 4.69) is 10.3 Å². The average Bonchev–Trinajstić information content (AvgIpc) is 2.95. The van der Waals surface area contributed by atoms with Crippen molar-refractivity contribution in [3.05, 3.63) is 59.0 Å². The lowest BCUT2D eigenvalue weighted by atomic mass is 10.1. The smallest absolute Gasteiger partial charge is 0.412 e. The van der Waals surface area contributed by atoms with Crippen LogP contribution in [0.25, 0.3) is 5.65 Å². The van der Waals surface area contributed by atoms with E-state index in [0.717, 1.165) is 22.5 Å². The summed E-state index contributed by atoms with van der Waals surface area (Å²) in [6.45, 7) is 9.42. The van der Waals surface area contributed by atoms with E-state index in [1.807, 2.05) is 75.5 Å². The van der Waals surface area contributed by atoms with Crippen molar-refractivity contribution in [2.24, 2.45) is 0 Å². The summed E-state index contributed by atoms with van der Waals surface area (Å²) in [5, 5.41) is 12.4. The Morgan fingerprint density at radius 3 is 2.66 bits per heavy atom. The molecule has 0 spiro atoms. The van der Waals surface area contributed by atoms with Crippen molar-refractivity contribution in [1.82, 2.24) is 9.38 Å². The molecule has 7 heteroatoms. The van der Waals surface area contributed by atoms with E-state index < -0.39 is 11.7 Å². The number of aliphatic hydroxyl groups excluding tert-OH is 1. The van der Waals surface area contributed by atoms with Crippen molar-refractivity contribution in [2.75, 3.05) is 5.32 Å². The van der Waals surface area contributed by atoms with Gasteiger partial charge in [-0.1, -0.05) is 12.1 Å². The van der Waals surface area contributed by atoms with Gasteiger partial charge in [0, 0.05) is 11.8 Å². The van der Waals surface area contributed by atoms with Crippen LogP contribution >= 0.6 is 0 Å². The van der Waals surface area contributed by atoms with Gasteiger partial charge in [-0.25, -0.2) is 9.78 Å². The SMILES string of the molecule is Cc1cccc(NC(=O)OC(C)(C)C)c1COc1cccn2c(CO)c(C)nc12. The molecule has 0 saturated heterocycles. The van der Waals surface area contributed by atoms with Gasteiger partial charge >= 0.3 is 6.09 Å². The molecule has 2 N–H and O–H groups in total. The van der Waals surface area contributed by atoms with Crippen molar-refractivity contribution < 1.29 is 19.4 Å². The molecule has 3 aromatic rings. The largest absolute Gasteiger partial charge is 0.485 e. The highest BCUT2D eigenvalue weighted by Gasteiger charge is 2.18. The van der Waals surface area contributed by atoms with Crippen LogP contribution in [0.2, 0.25) is 0 Å². The Labute approximate surface area is 170 Å². The van der Waals surface area contributed by atoms with Crippen LogP contribution in [0.4, 0.5) is 10.5 Å². The van der Waals surface area contributed by atoms with Crippen LogP contribution in [-0.2, 0) is 18.0 Å². The molecule has 0 radical (unpaired) electrons. The predicted molar refractivity (Wildman–Crippen MR) is 111 cm³/mol. The number of benzene rings is 1. The van der Waals surface area contributed by atoms with E-state index in [0.29, 0.717) is 17.1 Å². The highest BCUT2D eigenvalue weighted by Crippen LogP contribution is 2.26. The van der Waals surface area contributed by atoms with Gasteiger partial charge in [-0.2, -0.15) is 0 Å². The number of ether oxygens (including phenoxy) is 2. The molecule has 154 valence electrons. The van der Waals surface area contributed by atoms with E-state index in [9.17, 15) is 9.90 Å². The molecule has 2 heterocycles. The lowest BCUT2D eigenvalue weighted by Crippen LogP contribution is -2.27. The number of aliphatic hydroxyl groups is 1. The molecule has 1 amide bonds. The second-order valence-corrected chi connectivity index (χ2v) is 7.88. The van der Waals surface area contributed by atoms with Crippen molar-refractivity contribution in [2.45, 2.75) is 53.4 Å². The Bertz CT molecular complexity index is 1030. The number of carbonyl (C=O) groups is 1.